The van der Waals surface area contributed by atoms with Crippen molar-refractivity contribution in [1.29, 1.82) is 0 Å². The molecule has 15 heavy (non-hydrogen) atoms. The summed E-state index contributed by atoms with van der Waals surface area (Å²) in [5.41, 5.74) is 1.04. The molecule has 1 atom stereocenters. The van der Waals surface area contributed by atoms with E-state index >= 15 is 0 Å². The Balaban J connectivity index is 2.62. The Kier molecular flexibility index (Phi) is 4.40. The number of aromatic nitrogens is 2. The molecule has 0 bridgehead atoms. The van der Waals surface area contributed by atoms with Crippen LogP contribution in [0.4, 0.5) is 5.95 Å². The van der Waals surface area contributed by atoms with Crippen LogP contribution in [0.1, 0.15) is 26.0 Å². The van der Waals surface area contributed by atoms with Gasteiger partial charge in [0.15, 0.2) is 0 Å². The van der Waals surface area contributed by atoms with E-state index in [2.05, 4.69) is 35.3 Å². The second-order valence-corrected chi connectivity index (χ2v) is 4.04. The first-order valence-electron chi connectivity index (χ1n) is 5.55. The summed E-state index contributed by atoms with van der Waals surface area (Å²) in [4.78, 5) is 4.44. The Hall–Kier alpha value is -1.25. The molecule has 0 spiro atoms. The highest BCUT2D eigenvalue weighted by Crippen LogP contribution is 2.10. The van der Waals surface area contributed by atoms with Crippen LogP contribution >= 0.6 is 0 Å². The molecule has 1 aromatic heterocycles. The lowest BCUT2D eigenvalue weighted by atomic mass is 10.1. The van der Waals surface area contributed by atoms with Gasteiger partial charge >= 0.3 is 0 Å². The van der Waals surface area contributed by atoms with Crippen molar-refractivity contribution in [1.82, 2.24) is 9.55 Å². The molecule has 84 valence electrons. The monoisotopic (exact) mass is 207 g/mol. The summed E-state index contributed by atoms with van der Waals surface area (Å²) < 4.78 is 2.09. The normalized spacial score (nSPS) is 12.5. The number of aryl methyl sites for hydroxylation is 1. The molecule has 1 unspecified atom stereocenters. The van der Waals surface area contributed by atoms with Crippen molar-refractivity contribution >= 4 is 5.95 Å². The van der Waals surface area contributed by atoms with Crippen LogP contribution in [-0.4, -0.2) is 16.1 Å². The first-order valence-corrected chi connectivity index (χ1v) is 5.55. The van der Waals surface area contributed by atoms with Gasteiger partial charge in [0.05, 0.1) is 5.69 Å². The molecule has 3 nitrogen and oxygen atoms in total. The third-order valence-corrected chi connectivity index (χ3v) is 2.53. The first kappa shape index (κ1) is 11.8. The Morgan fingerprint density at radius 1 is 1.67 bits per heavy atom. The second-order valence-electron chi connectivity index (χ2n) is 4.04. The van der Waals surface area contributed by atoms with Crippen LogP contribution in [0.25, 0.3) is 0 Å². The molecule has 0 saturated heterocycles. The van der Waals surface area contributed by atoms with E-state index in [1.165, 1.54) is 6.42 Å². The zero-order valence-electron chi connectivity index (χ0n) is 9.95. The van der Waals surface area contributed by atoms with Crippen molar-refractivity contribution in [2.45, 2.75) is 33.7 Å². The van der Waals surface area contributed by atoms with Gasteiger partial charge in [-0.2, -0.15) is 0 Å². The Morgan fingerprint density at radius 3 is 3.00 bits per heavy atom. The molecule has 1 heterocycles. The topological polar surface area (TPSA) is 29.9 Å². The van der Waals surface area contributed by atoms with E-state index in [1.54, 1.807) is 0 Å². The summed E-state index contributed by atoms with van der Waals surface area (Å²) in [6.45, 7) is 12.0. The minimum absolute atomic E-state index is 0.680. The smallest absolute Gasteiger partial charge is 0.203 e. The first-order chi connectivity index (χ1) is 7.17. The highest BCUT2D eigenvalue weighted by Gasteiger charge is 2.05. The van der Waals surface area contributed by atoms with Crippen LogP contribution in [0.2, 0.25) is 0 Å². The number of imidazole rings is 1. The fraction of sp³-hybridized carbons (Fsp3) is 0.583. The summed E-state index contributed by atoms with van der Waals surface area (Å²) in [5, 5.41) is 3.37. The van der Waals surface area contributed by atoms with Crippen molar-refractivity contribution in [2.75, 3.05) is 11.9 Å². The summed E-state index contributed by atoms with van der Waals surface area (Å²) in [6.07, 6.45) is 5.12. The van der Waals surface area contributed by atoms with Crippen LogP contribution in [0, 0.1) is 12.8 Å². The molecule has 1 aromatic rings. The van der Waals surface area contributed by atoms with Crippen molar-refractivity contribution in [3.05, 3.63) is 24.5 Å². The highest BCUT2D eigenvalue weighted by atomic mass is 15.2. The highest BCUT2D eigenvalue weighted by molar-refractivity contribution is 5.29. The summed E-state index contributed by atoms with van der Waals surface area (Å²) in [7, 11) is 0. The average Bonchev–Trinajstić information content (AvgIpc) is 2.56. The number of anilines is 1. The van der Waals surface area contributed by atoms with Crippen molar-refractivity contribution < 1.29 is 0 Å². The third-order valence-electron chi connectivity index (χ3n) is 2.53. The summed E-state index contributed by atoms with van der Waals surface area (Å²) in [6, 6.07) is 0. The lowest BCUT2D eigenvalue weighted by Crippen LogP contribution is -2.13. The SMILES string of the molecule is C=CCn1cc(C)nc1NCC(C)CC. The molecule has 0 fully saturated rings. The lowest BCUT2D eigenvalue weighted by molar-refractivity contribution is 0.589. The molecular formula is C12H21N3. The molecule has 3 heteroatoms. The second kappa shape index (κ2) is 5.59. The lowest BCUT2D eigenvalue weighted by Gasteiger charge is -2.11. The maximum absolute atomic E-state index is 4.44. The van der Waals surface area contributed by atoms with Gasteiger partial charge in [-0.1, -0.05) is 26.3 Å². The van der Waals surface area contributed by atoms with Crippen molar-refractivity contribution in [3.63, 3.8) is 0 Å². The number of hydrogen-bond acceptors (Lipinski definition) is 2. The molecular weight excluding hydrogens is 186 g/mol. The maximum Gasteiger partial charge on any atom is 0.203 e. The fourth-order valence-electron chi connectivity index (χ4n) is 1.38. The molecule has 0 saturated carbocycles. The third kappa shape index (κ3) is 3.42. The van der Waals surface area contributed by atoms with E-state index in [9.17, 15) is 0 Å². The van der Waals surface area contributed by atoms with E-state index in [1.807, 2.05) is 19.2 Å². The van der Waals surface area contributed by atoms with E-state index in [-0.39, 0.29) is 0 Å². The Morgan fingerprint density at radius 2 is 2.40 bits per heavy atom. The number of rotatable bonds is 6. The minimum atomic E-state index is 0.680. The van der Waals surface area contributed by atoms with Gasteiger partial charge in [-0.25, -0.2) is 4.98 Å². The summed E-state index contributed by atoms with van der Waals surface area (Å²) >= 11 is 0. The molecule has 1 N–H and O–H groups in total. The van der Waals surface area contributed by atoms with E-state index in [4.69, 9.17) is 0 Å². The largest absolute Gasteiger partial charge is 0.355 e. The Bertz CT molecular complexity index is 315. The van der Waals surface area contributed by atoms with Gasteiger partial charge < -0.3 is 9.88 Å². The van der Waals surface area contributed by atoms with Gasteiger partial charge in [0.25, 0.3) is 0 Å². The minimum Gasteiger partial charge on any atom is -0.355 e. The molecule has 0 aliphatic heterocycles. The maximum atomic E-state index is 4.44. The summed E-state index contributed by atoms with van der Waals surface area (Å²) in [5.74, 6) is 1.63. The van der Waals surface area contributed by atoms with Gasteiger partial charge in [0.1, 0.15) is 0 Å². The van der Waals surface area contributed by atoms with Crippen molar-refractivity contribution in [2.24, 2.45) is 5.92 Å². The van der Waals surface area contributed by atoms with E-state index < -0.39 is 0 Å². The molecule has 0 aliphatic carbocycles. The predicted molar refractivity (Wildman–Crippen MR) is 65.1 cm³/mol. The standard InChI is InChI=1S/C12H21N3/c1-5-7-15-9-11(4)14-12(15)13-8-10(3)6-2/h5,9-10H,1,6-8H2,2-4H3,(H,13,14). The molecule has 0 aromatic carbocycles. The zero-order valence-corrected chi connectivity index (χ0v) is 9.95. The average molecular weight is 207 g/mol. The van der Waals surface area contributed by atoms with Gasteiger partial charge in [0, 0.05) is 19.3 Å². The van der Waals surface area contributed by atoms with Gasteiger partial charge in [0.2, 0.25) is 5.95 Å². The van der Waals surface area contributed by atoms with Crippen LogP contribution < -0.4 is 5.32 Å². The van der Waals surface area contributed by atoms with Crippen LogP contribution in [0.5, 0.6) is 0 Å². The number of hydrogen-bond donors (Lipinski definition) is 1. The van der Waals surface area contributed by atoms with E-state index in [0.717, 1.165) is 24.7 Å². The molecule has 0 aliphatic rings. The molecule has 0 amide bonds. The zero-order chi connectivity index (χ0) is 11.3. The number of allylic oxidation sites excluding steroid dienone is 1. The predicted octanol–water partition coefficient (Wildman–Crippen LogP) is 2.84. The molecule has 0 radical (unpaired) electrons. The molecule has 1 rings (SSSR count). The quantitative estimate of drug-likeness (QED) is 0.727. The van der Waals surface area contributed by atoms with Crippen LogP contribution in [0.3, 0.4) is 0 Å². The van der Waals surface area contributed by atoms with Gasteiger partial charge in [-0.05, 0) is 12.8 Å². The van der Waals surface area contributed by atoms with Gasteiger partial charge in [-0.15, -0.1) is 6.58 Å². The fourth-order valence-corrected chi connectivity index (χ4v) is 1.38. The van der Waals surface area contributed by atoms with E-state index in [0.29, 0.717) is 5.92 Å². The number of nitrogens with one attached hydrogen (secondary N) is 1. The number of nitrogens with zero attached hydrogens (tertiary/aromatic N) is 2. The van der Waals surface area contributed by atoms with Crippen LogP contribution in [-0.2, 0) is 6.54 Å². The van der Waals surface area contributed by atoms with Crippen LogP contribution in [0.15, 0.2) is 18.9 Å². The Labute approximate surface area is 92.2 Å². The van der Waals surface area contributed by atoms with Crippen molar-refractivity contribution in [3.8, 4) is 0 Å². The van der Waals surface area contributed by atoms with Gasteiger partial charge in [-0.3, -0.25) is 0 Å².